The van der Waals surface area contributed by atoms with E-state index in [0.717, 1.165) is 5.56 Å². The molecule has 5 nitrogen and oxygen atoms in total. The average Bonchev–Trinajstić information content (AvgIpc) is 2.80. The van der Waals surface area contributed by atoms with Crippen LogP contribution in [0.2, 0.25) is 0 Å². The Balaban J connectivity index is 2.18. The number of phenols is 1. The van der Waals surface area contributed by atoms with Gasteiger partial charge < -0.3 is 10.2 Å². The lowest BCUT2D eigenvalue weighted by molar-refractivity contribution is -0.117. The highest BCUT2D eigenvalue weighted by atomic mass is 16.3. The van der Waals surface area contributed by atoms with Gasteiger partial charge in [0.2, 0.25) is 0 Å². The summed E-state index contributed by atoms with van der Waals surface area (Å²) in [4.78, 5) is 26.0. The number of aromatic hydroxyl groups is 1. The minimum Gasteiger partial charge on any atom is -0.508 e. The monoisotopic (exact) mass is 323 g/mol. The second-order valence-corrected chi connectivity index (χ2v) is 5.83. The average molecular weight is 323 g/mol. The van der Waals surface area contributed by atoms with Gasteiger partial charge in [-0.3, -0.25) is 14.5 Å². The molecule has 1 atom stereocenters. The number of nitrogens with zero attached hydrogens (tertiary/aromatic N) is 1. The first-order valence-electron chi connectivity index (χ1n) is 7.53. The van der Waals surface area contributed by atoms with Gasteiger partial charge in [0, 0.05) is 5.69 Å². The van der Waals surface area contributed by atoms with E-state index in [1.165, 1.54) is 24.0 Å². The van der Waals surface area contributed by atoms with Gasteiger partial charge in [0.1, 0.15) is 5.75 Å². The molecule has 1 unspecified atom stereocenters. The summed E-state index contributed by atoms with van der Waals surface area (Å²) >= 11 is 0. The number of rotatable bonds is 3. The van der Waals surface area contributed by atoms with Crippen molar-refractivity contribution >= 4 is 17.4 Å². The van der Waals surface area contributed by atoms with E-state index in [0.29, 0.717) is 11.3 Å². The highest BCUT2D eigenvalue weighted by molar-refractivity contribution is 6.16. The highest BCUT2D eigenvalue weighted by Gasteiger charge is 2.43. The van der Waals surface area contributed by atoms with Crippen LogP contribution >= 0.6 is 0 Å². The van der Waals surface area contributed by atoms with Crippen molar-refractivity contribution in [1.82, 2.24) is 0 Å². The summed E-state index contributed by atoms with van der Waals surface area (Å²) in [5, 5.41) is 20.0. The Morgan fingerprint density at radius 3 is 2.33 bits per heavy atom. The van der Waals surface area contributed by atoms with Crippen LogP contribution < -0.4 is 4.90 Å². The zero-order valence-electron chi connectivity index (χ0n) is 13.4. The van der Waals surface area contributed by atoms with E-state index >= 15 is 0 Å². The first-order chi connectivity index (χ1) is 11.4. The molecule has 0 radical (unpaired) electrons. The Labute approximate surface area is 139 Å². The Morgan fingerprint density at radius 2 is 1.75 bits per heavy atom. The van der Waals surface area contributed by atoms with E-state index in [9.17, 15) is 19.8 Å². The maximum absolute atomic E-state index is 12.6. The molecule has 1 heterocycles. The number of hydrogen-bond donors (Lipinski definition) is 2. The van der Waals surface area contributed by atoms with Crippen LogP contribution in [0.25, 0.3) is 0 Å². The Hall–Kier alpha value is -3.08. The van der Waals surface area contributed by atoms with Crippen molar-refractivity contribution in [2.24, 2.45) is 0 Å². The van der Waals surface area contributed by atoms with E-state index in [1.807, 2.05) is 19.1 Å². The summed E-state index contributed by atoms with van der Waals surface area (Å²) in [7, 11) is 0. The summed E-state index contributed by atoms with van der Waals surface area (Å²) in [6.07, 6.45) is 0. The van der Waals surface area contributed by atoms with Gasteiger partial charge in [-0.1, -0.05) is 29.8 Å². The lowest BCUT2D eigenvalue weighted by Crippen LogP contribution is -2.30. The predicted molar refractivity (Wildman–Crippen MR) is 89.8 cm³/mol. The Kier molecular flexibility index (Phi) is 3.85. The molecule has 2 N–H and O–H groups in total. The molecular weight excluding hydrogens is 306 g/mol. The lowest BCUT2D eigenvalue weighted by atomic mass is 9.96. The van der Waals surface area contributed by atoms with Gasteiger partial charge in [-0.25, -0.2) is 0 Å². The molecule has 0 saturated heterocycles. The van der Waals surface area contributed by atoms with E-state index in [4.69, 9.17) is 0 Å². The standard InChI is InChI=1S/C19H17NO4/c1-11-6-8-14(9-7-11)20-17(13-4-3-5-15(22)10-13)16(12(2)21)18(23)19(20)24/h3-10,17,22-23H,1-2H3. The number of aliphatic hydroxyl groups excluding tert-OH is 1. The fourth-order valence-corrected chi connectivity index (χ4v) is 2.95. The zero-order chi connectivity index (χ0) is 17.4. The quantitative estimate of drug-likeness (QED) is 0.909. The van der Waals surface area contributed by atoms with Crippen LogP contribution in [-0.4, -0.2) is 21.9 Å². The van der Waals surface area contributed by atoms with Gasteiger partial charge in [-0.05, 0) is 43.7 Å². The molecule has 3 rings (SSSR count). The van der Waals surface area contributed by atoms with Crippen LogP contribution in [0.3, 0.4) is 0 Å². The fourth-order valence-electron chi connectivity index (χ4n) is 2.95. The van der Waals surface area contributed by atoms with Crippen LogP contribution in [0.15, 0.2) is 59.9 Å². The summed E-state index contributed by atoms with van der Waals surface area (Å²) in [6, 6.07) is 12.8. The van der Waals surface area contributed by atoms with Crippen LogP contribution in [0.1, 0.15) is 24.1 Å². The Morgan fingerprint density at radius 1 is 1.08 bits per heavy atom. The second-order valence-electron chi connectivity index (χ2n) is 5.83. The minimum atomic E-state index is -0.773. The summed E-state index contributed by atoms with van der Waals surface area (Å²) in [6.45, 7) is 3.24. The maximum atomic E-state index is 12.6. The topological polar surface area (TPSA) is 77.8 Å². The zero-order valence-corrected chi connectivity index (χ0v) is 13.4. The molecular formula is C19H17NO4. The molecule has 1 aliphatic heterocycles. The van der Waals surface area contributed by atoms with E-state index in [2.05, 4.69) is 0 Å². The molecule has 0 bridgehead atoms. The molecule has 2 aromatic rings. The van der Waals surface area contributed by atoms with Crippen molar-refractivity contribution in [3.63, 3.8) is 0 Å². The third-order valence-electron chi connectivity index (χ3n) is 4.09. The van der Waals surface area contributed by atoms with Gasteiger partial charge in [-0.15, -0.1) is 0 Å². The molecule has 0 spiro atoms. The van der Waals surface area contributed by atoms with E-state index < -0.39 is 17.7 Å². The number of ketones is 1. The number of carbonyl (C=O) groups is 2. The number of benzene rings is 2. The number of carbonyl (C=O) groups excluding carboxylic acids is 2. The van der Waals surface area contributed by atoms with Crippen molar-refractivity contribution in [3.05, 3.63) is 71.0 Å². The molecule has 2 aromatic carbocycles. The molecule has 0 aliphatic carbocycles. The normalized spacial score (nSPS) is 17.5. The van der Waals surface area contributed by atoms with Gasteiger partial charge in [0.25, 0.3) is 5.91 Å². The molecule has 0 aromatic heterocycles. The summed E-state index contributed by atoms with van der Waals surface area (Å²) in [5.74, 6) is -1.53. The number of Topliss-reactive ketones (excluding diaryl/α,β-unsaturated/α-hetero) is 1. The number of hydrogen-bond acceptors (Lipinski definition) is 4. The minimum absolute atomic E-state index is 0.0260. The smallest absolute Gasteiger partial charge is 0.294 e. The van der Waals surface area contributed by atoms with Crippen molar-refractivity contribution in [2.75, 3.05) is 4.90 Å². The van der Waals surface area contributed by atoms with Crippen molar-refractivity contribution < 1.29 is 19.8 Å². The van der Waals surface area contributed by atoms with Crippen LogP contribution in [-0.2, 0) is 9.59 Å². The highest BCUT2D eigenvalue weighted by Crippen LogP contribution is 2.41. The first-order valence-corrected chi connectivity index (χ1v) is 7.53. The second kappa shape index (κ2) is 5.85. The van der Waals surface area contributed by atoms with Crippen molar-refractivity contribution in [2.45, 2.75) is 19.9 Å². The molecule has 122 valence electrons. The summed E-state index contributed by atoms with van der Waals surface area (Å²) in [5.41, 5.74) is 2.19. The van der Waals surface area contributed by atoms with Crippen LogP contribution in [0.4, 0.5) is 5.69 Å². The van der Waals surface area contributed by atoms with E-state index in [-0.39, 0.29) is 17.1 Å². The van der Waals surface area contributed by atoms with Crippen LogP contribution in [0.5, 0.6) is 5.75 Å². The SMILES string of the molecule is CC(=O)C1=C(O)C(=O)N(c2ccc(C)cc2)C1c1cccc(O)c1. The number of aliphatic hydroxyl groups is 1. The van der Waals surface area contributed by atoms with Gasteiger partial charge >= 0.3 is 0 Å². The van der Waals surface area contributed by atoms with Gasteiger partial charge in [-0.2, -0.15) is 0 Å². The van der Waals surface area contributed by atoms with Crippen molar-refractivity contribution in [3.8, 4) is 5.75 Å². The molecule has 5 heteroatoms. The summed E-state index contributed by atoms with van der Waals surface area (Å²) < 4.78 is 0. The number of aryl methyl sites for hydroxylation is 1. The molecule has 1 aliphatic rings. The van der Waals surface area contributed by atoms with Crippen LogP contribution in [0, 0.1) is 6.92 Å². The number of phenolic OH excluding ortho intramolecular Hbond substituents is 1. The molecule has 0 saturated carbocycles. The number of anilines is 1. The third kappa shape index (κ3) is 2.54. The van der Waals surface area contributed by atoms with Gasteiger partial charge in [0.05, 0.1) is 11.6 Å². The third-order valence-corrected chi connectivity index (χ3v) is 4.09. The van der Waals surface area contributed by atoms with Gasteiger partial charge in [0.15, 0.2) is 11.5 Å². The molecule has 0 fully saturated rings. The first kappa shape index (κ1) is 15.8. The van der Waals surface area contributed by atoms with E-state index in [1.54, 1.807) is 24.3 Å². The van der Waals surface area contributed by atoms with Crippen molar-refractivity contribution in [1.29, 1.82) is 0 Å². The number of amides is 1. The Bertz CT molecular complexity index is 852. The maximum Gasteiger partial charge on any atom is 0.294 e. The molecule has 1 amide bonds. The largest absolute Gasteiger partial charge is 0.508 e. The lowest BCUT2D eigenvalue weighted by Gasteiger charge is -2.26. The fraction of sp³-hybridized carbons (Fsp3) is 0.158. The molecule has 24 heavy (non-hydrogen) atoms. The predicted octanol–water partition coefficient (Wildman–Crippen LogP) is 3.19.